The molecule has 1 saturated heterocycles. The highest BCUT2D eigenvalue weighted by atomic mass is 16.1. The van der Waals surface area contributed by atoms with E-state index < -0.39 is 0 Å². The Balaban J connectivity index is 1.92. The summed E-state index contributed by atoms with van der Waals surface area (Å²) in [6.07, 6.45) is 4.04. The second-order valence-electron chi connectivity index (χ2n) is 5.08. The Bertz CT molecular complexity index is 412. The van der Waals surface area contributed by atoms with Crippen molar-refractivity contribution in [1.29, 1.82) is 0 Å². The molecule has 3 heteroatoms. The van der Waals surface area contributed by atoms with Crippen LogP contribution in [0.3, 0.4) is 0 Å². The van der Waals surface area contributed by atoms with Gasteiger partial charge in [-0.25, -0.2) is 9.79 Å². The van der Waals surface area contributed by atoms with E-state index in [9.17, 15) is 4.79 Å². The maximum atomic E-state index is 10.3. The molecule has 96 valence electrons. The summed E-state index contributed by atoms with van der Waals surface area (Å²) in [5.41, 5.74) is 1.35. The van der Waals surface area contributed by atoms with Gasteiger partial charge in [-0.15, -0.1) is 0 Å². The molecule has 0 N–H and O–H groups in total. The maximum absolute atomic E-state index is 10.3. The molecule has 0 amide bonds. The first-order chi connectivity index (χ1) is 8.79. The largest absolute Gasteiger partial charge is 0.299 e. The average molecular weight is 244 g/mol. The van der Waals surface area contributed by atoms with E-state index in [2.05, 4.69) is 34.2 Å². The van der Waals surface area contributed by atoms with Crippen molar-refractivity contribution in [3.63, 3.8) is 0 Å². The number of aliphatic imine (C=N–C) groups is 1. The first-order valence-electron chi connectivity index (χ1n) is 6.63. The minimum atomic E-state index is 0.0982. The minimum Gasteiger partial charge on any atom is -0.299 e. The molecule has 1 aliphatic heterocycles. The van der Waals surface area contributed by atoms with Gasteiger partial charge in [0.2, 0.25) is 6.08 Å². The molecule has 2 atom stereocenters. The number of hydrogen-bond acceptors (Lipinski definition) is 3. The average Bonchev–Trinajstić information content (AvgIpc) is 2.40. The molecule has 2 unspecified atom stereocenters. The summed E-state index contributed by atoms with van der Waals surface area (Å²) in [6, 6.07) is 10.6. The van der Waals surface area contributed by atoms with Gasteiger partial charge in [0.15, 0.2) is 0 Å². The fourth-order valence-electron chi connectivity index (χ4n) is 2.66. The van der Waals surface area contributed by atoms with Crippen molar-refractivity contribution < 1.29 is 4.79 Å². The first-order valence-corrected chi connectivity index (χ1v) is 6.63. The van der Waals surface area contributed by atoms with E-state index in [0.717, 1.165) is 26.1 Å². The molecule has 1 aromatic rings. The summed E-state index contributed by atoms with van der Waals surface area (Å²) in [7, 11) is 0. The van der Waals surface area contributed by atoms with Crippen LogP contribution in [0.4, 0.5) is 0 Å². The standard InChI is InChI=1S/C15H20N2O/c1-13(16-12-18)15-8-5-9-17(11-15)10-14-6-3-2-4-7-14/h2-4,6-7,13,15H,5,8-11H2,1H3. The van der Waals surface area contributed by atoms with Crippen LogP contribution >= 0.6 is 0 Å². The lowest BCUT2D eigenvalue weighted by Crippen LogP contribution is -2.38. The highest BCUT2D eigenvalue weighted by Crippen LogP contribution is 2.22. The Morgan fingerprint density at radius 3 is 2.94 bits per heavy atom. The van der Waals surface area contributed by atoms with Crippen LogP contribution in [0.2, 0.25) is 0 Å². The van der Waals surface area contributed by atoms with Crippen LogP contribution in [0, 0.1) is 5.92 Å². The Morgan fingerprint density at radius 1 is 1.44 bits per heavy atom. The first kappa shape index (κ1) is 13.0. The second-order valence-corrected chi connectivity index (χ2v) is 5.08. The number of carbonyl (C=O) groups excluding carboxylic acids is 1. The molecule has 0 aliphatic carbocycles. The van der Waals surface area contributed by atoms with Crippen LogP contribution < -0.4 is 0 Å². The Hall–Kier alpha value is -1.44. The molecule has 0 spiro atoms. The van der Waals surface area contributed by atoms with Crippen LogP contribution in [-0.2, 0) is 11.3 Å². The molecule has 0 bridgehead atoms. The van der Waals surface area contributed by atoms with Crippen LogP contribution in [0.15, 0.2) is 35.3 Å². The van der Waals surface area contributed by atoms with E-state index in [1.54, 1.807) is 6.08 Å². The van der Waals surface area contributed by atoms with Crippen molar-refractivity contribution in [2.24, 2.45) is 10.9 Å². The molecule has 1 fully saturated rings. The van der Waals surface area contributed by atoms with E-state index in [-0.39, 0.29) is 6.04 Å². The van der Waals surface area contributed by atoms with E-state index >= 15 is 0 Å². The highest BCUT2D eigenvalue weighted by molar-refractivity contribution is 5.33. The van der Waals surface area contributed by atoms with Crippen molar-refractivity contribution in [3.05, 3.63) is 35.9 Å². The van der Waals surface area contributed by atoms with Crippen molar-refractivity contribution >= 4 is 6.08 Å². The lowest BCUT2D eigenvalue weighted by atomic mass is 9.92. The lowest BCUT2D eigenvalue weighted by molar-refractivity contribution is 0.155. The number of benzene rings is 1. The molecule has 0 radical (unpaired) electrons. The SMILES string of the molecule is CC(N=C=O)C1CCCN(Cc2ccccc2)C1. The van der Waals surface area contributed by atoms with E-state index in [1.807, 2.05) is 13.0 Å². The molecular formula is C15H20N2O. The van der Waals surface area contributed by atoms with E-state index in [0.29, 0.717) is 5.92 Å². The number of isocyanates is 1. The predicted octanol–water partition coefficient (Wildman–Crippen LogP) is 2.62. The monoisotopic (exact) mass is 244 g/mol. The highest BCUT2D eigenvalue weighted by Gasteiger charge is 2.24. The number of rotatable bonds is 4. The van der Waals surface area contributed by atoms with Gasteiger partial charge in [-0.05, 0) is 37.8 Å². The molecule has 0 saturated carbocycles. The summed E-state index contributed by atoms with van der Waals surface area (Å²) >= 11 is 0. The summed E-state index contributed by atoms with van der Waals surface area (Å²) in [5.74, 6) is 0.490. The lowest BCUT2D eigenvalue weighted by Gasteiger charge is -2.34. The van der Waals surface area contributed by atoms with E-state index in [4.69, 9.17) is 0 Å². The fraction of sp³-hybridized carbons (Fsp3) is 0.533. The molecule has 1 aliphatic rings. The zero-order valence-electron chi connectivity index (χ0n) is 10.9. The summed E-state index contributed by atoms with van der Waals surface area (Å²) in [5, 5.41) is 0. The summed E-state index contributed by atoms with van der Waals surface area (Å²) in [6.45, 7) is 5.18. The molecule has 1 aromatic carbocycles. The maximum Gasteiger partial charge on any atom is 0.235 e. The van der Waals surface area contributed by atoms with Gasteiger partial charge in [0.1, 0.15) is 0 Å². The normalized spacial score (nSPS) is 22.2. The van der Waals surface area contributed by atoms with Crippen LogP contribution in [-0.4, -0.2) is 30.1 Å². The van der Waals surface area contributed by atoms with Crippen LogP contribution in [0.5, 0.6) is 0 Å². The molecular weight excluding hydrogens is 224 g/mol. The number of nitrogens with zero attached hydrogens (tertiary/aromatic N) is 2. The zero-order valence-corrected chi connectivity index (χ0v) is 10.9. The minimum absolute atomic E-state index is 0.0982. The molecule has 0 aromatic heterocycles. The molecule has 2 rings (SSSR count). The number of likely N-dealkylation sites (tertiary alicyclic amines) is 1. The van der Waals surface area contributed by atoms with Gasteiger partial charge in [-0.3, -0.25) is 4.90 Å². The van der Waals surface area contributed by atoms with Gasteiger partial charge < -0.3 is 0 Å². The smallest absolute Gasteiger partial charge is 0.235 e. The summed E-state index contributed by atoms with van der Waals surface area (Å²) in [4.78, 5) is 16.6. The number of hydrogen-bond donors (Lipinski definition) is 0. The Labute approximate surface area is 109 Å². The number of piperidine rings is 1. The van der Waals surface area contributed by atoms with Crippen molar-refractivity contribution in [1.82, 2.24) is 4.90 Å². The summed E-state index contributed by atoms with van der Waals surface area (Å²) < 4.78 is 0. The third-order valence-electron chi connectivity index (χ3n) is 3.73. The van der Waals surface area contributed by atoms with E-state index in [1.165, 1.54) is 12.0 Å². The third kappa shape index (κ3) is 3.52. The quantitative estimate of drug-likeness (QED) is 0.602. The molecule has 3 nitrogen and oxygen atoms in total. The topological polar surface area (TPSA) is 32.7 Å². The second kappa shape index (κ2) is 6.48. The van der Waals surface area contributed by atoms with Crippen molar-refractivity contribution in [3.8, 4) is 0 Å². The molecule has 1 heterocycles. The Morgan fingerprint density at radius 2 is 2.22 bits per heavy atom. The molecule has 18 heavy (non-hydrogen) atoms. The van der Waals surface area contributed by atoms with Crippen molar-refractivity contribution in [2.45, 2.75) is 32.4 Å². The van der Waals surface area contributed by atoms with Gasteiger partial charge in [-0.2, -0.15) is 0 Å². The van der Waals surface area contributed by atoms with Crippen LogP contribution in [0.25, 0.3) is 0 Å². The van der Waals surface area contributed by atoms with Gasteiger partial charge in [0.25, 0.3) is 0 Å². The van der Waals surface area contributed by atoms with Gasteiger partial charge >= 0.3 is 0 Å². The predicted molar refractivity (Wildman–Crippen MR) is 72.0 cm³/mol. The van der Waals surface area contributed by atoms with Gasteiger partial charge in [-0.1, -0.05) is 30.3 Å². The van der Waals surface area contributed by atoms with Gasteiger partial charge in [0.05, 0.1) is 6.04 Å². The van der Waals surface area contributed by atoms with Crippen LogP contribution in [0.1, 0.15) is 25.3 Å². The third-order valence-corrected chi connectivity index (χ3v) is 3.73. The zero-order chi connectivity index (χ0) is 12.8. The Kier molecular flexibility index (Phi) is 4.68. The van der Waals surface area contributed by atoms with Gasteiger partial charge in [0, 0.05) is 13.1 Å². The fourth-order valence-corrected chi connectivity index (χ4v) is 2.66. The van der Waals surface area contributed by atoms with Crippen molar-refractivity contribution in [2.75, 3.05) is 13.1 Å².